The van der Waals surface area contributed by atoms with Gasteiger partial charge in [-0.25, -0.2) is 4.39 Å². The van der Waals surface area contributed by atoms with Crippen LogP contribution >= 0.6 is 0 Å². The van der Waals surface area contributed by atoms with Crippen molar-refractivity contribution in [3.8, 4) is 5.75 Å². The Balaban J connectivity index is 2.20. The van der Waals surface area contributed by atoms with Crippen LogP contribution in [-0.4, -0.2) is 13.3 Å². The lowest BCUT2D eigenvalue weighted by molar-refractivity contribution is -0.0171. The second-order valence-electron chi connectivity index (χ2n) is 3.86. The second kappa shape index (κ2) is 5.27. The Hall–Kier alpha value is -1.13. The third-order valence-electron chi connectivity index (χ3n) is 2.76. The van der Waals surface area contributed by atoms with Crippen LogP contribution in [-0.2, 0) is 17.8 Å². The highest BCUT2D eigenvalue weighted by molar-refractivity contribution is 5.41. The normalized spacial score (nSPS) is 14.4. The maximum atomic E-state index is 13.7. The van der Waals surface area contributed by atoms with E-state index in [4.69, 9.17) is 15.2 Å². The fraction of sp³-hybridized carbons (Fsp3) is 0.500. The molecule has 0 saturated carbocycles. The summed E-state index contributed by atoms with van der Waals surface area (Å²) in [6.45, 7) is 1.33. The van der Waals surface area contributed by atoms with Crippen molar-refractivity contribution in [2.45, 2.75) is 25.9 Å². The van der Waals surface area contributed by atoms with E-state index in [1.54, 1.807) is 6.07 Å². The first-order chi connectivity index (χ1) is 7.83. The lowest BCUT2D eigenvalue weighted by Gasteiger charge is -2.20. The molecule has 0 aliphatic carbocycles. The number of ether oxygens (including phenoxy) is 2. The van der Waals surface area contributed by atoms with Gasteiger partial charge in [-0.05, 0) is 43.5 Å². The molecule has 1 aromatic carbocycles. The minimum atomic E-state index is -0.176. The van der Waals surface area contributed by atoms with Crippen LogP contribution in [0.5, 0.6) is 5.75 Å². The van der Waals surface area contributed by atoms with Gasteiger partial charge in [0.2, 0.25) is 0 Å². The van der Waals surface area contributed by atoms with Crippen molar-refractivity contribution in [3.05, 3.63) is 29.1 Å². The Kier molecular flexibility index (Phi) is 3.74. The van der Waals surface area contributed by atoms with E-state index in [0.717, 1.165) is 24.2 Å². The monoisotopic (exact) mass is 225 g/mol. The van der Waals surface area contributed by atoms with Crippen LogP contribution < -0.4 is 10.5 Å². The number of nitrogens with two attached hydrogens (primary N) is 1. The van der Waals surface area contributed by atoms with Crippen molar-refractivity contribution >= 4 is 0 Å². The second-order valence-corrected chi connectivity index (χ2v) is 3.86. The molecule has 0 fully saturated rings. The summed E-state index contributed by atoms with van der Waals surface area (Å²) in [5.74, 6) is 0.570. The molecule has 1 aliphatic heterocycles. The predicted octanol–water partition coefficient (Wildman–Crippen LogP) is 1.97. The highest BCUT2D eigenvalue weighted by Crippen LogP contribution is 2.29. The zero-order valence-electron chi connectivity index (χ0n) is 9.17. The predicted molar refractivity (Wildman–Crippen MR) is 58.7 cm³/mol. The Morgan fingerprint density at radius 1 is 1.31 bits per heavy atom. The van der Waals surface area contributed by atoms with Gasteiger partial charge in [-0.2, -0.15) is 0 Å². The molecule has 4 heteroatoms. The maximum Gasteiger partial charge on any atom is 0.189 e. The first kappa shape index (κ1) is 11.4. The molecule has 2 N–H and O–H groups in total. The third-order valence-corrected chi connectivity index (χ3v) is 2.76. The van der Waals surface area contributed by atoms with E-state index >= 15 is 0 Å². The molecule has 1 heterocycles. The number of benzene rings is 1. The molecule has 0 bridgehead atoms. The molecule has 0 amide bonds. The molecule has 0 unspecified atom stereocenters. The largest absolute Gasteiger partial charge is 0.467 e. The molecule has 0 atom stereocenters. The summed E-state index contributed by atoms with van der Waals surface area (Å²) in [7, 11) is 0. The van der Waals surface area contributed by atoms with Crippen LogP contribution in [0.4, 0.5) is 4.39 Å². The van der Waals surface area contributed by atoms with Crippen molar-refractivity contribution in [2.75, 3.05) is 13.3 Å². The Labute approximate surface area is 94.3 Å². The van der Waals surface area contributed by atoms with Crippen molar-refractivity contribution in [3.63, 3.8) is 0 Å². The van der Waals surface area contributed by atoms with E-state index in [1.165, 1.54) is 6.07 Å². The zero-order valence-corrected chi connectivity index (χ0v) is 9.17. The van der Waals surface area contributed by atoms with Crippen molar-refractivity contribution in [2.24, 2.45) is 5.73 Å². The van der Waals surface area contributed by atoms with Crippen LogP contribution in [0.3, 0.4) is 0 Å². The van der Waals surface area contributed by atoms with E-state index in [0.29, 0.717) is 25.1 Å². The van der Waals surface area contributed by atoms with Gasteiger partial charge in [-0.1, -0.05) is 0 Å². The topological polar surface area (TPSA) is 44.5 Å². The number of hydrogen-bond acceptors (Lipinski definition) is 3. The summed E-state index contributed by atoms with van der Waals surface area (Å²) in [5.41, 5.74) is 6.99. The summed E-state index contributed by atoms with van der Waals surface area (Å²) >= 11 is 0. The van der Waals surface area contributed by atoms with Gasteiger partial charge in [0, 0.05) is 5.56 Å². The van der Waals surface area contributed by atoms with Gasteiger partial charge >= 0.3 is 0 Å². The number of hydrogen-bond donors (Lipinski definition) is 1. The fourth-order valence-corrected chi connectivity index (χ4v) is 1.90. The Morgan fingerprint density at radius 3 is 3.00 bits per heavy atom. The van der Waals surface area contributed by atoms with Crippen LogP contribution in [0.2, 0.25) is 0 Å². The summed E-state index contributed by atoms with van der Waals surface area (Å²) < 4.78 is 24.2. The molecule has 3 nitrogen and oxygen atoms in total. The quantitative estimate of drug-likeness (QED) is 0.797. The molecule has 1 aliphatic rings. The van der Waals surface area contributed by atoms with Gasteiger partial charge in [0.05, 0.1) is 6.61 Å². The molecular weight excluding hydrogens is 209 g/mol. The summed E-state index contributed by atoms with van der Waals surface area (Å²) in [6.07, 6.45) is 2.49. The molecular formula is C12H16FNO2. The van der Waals surface area contributed by atoms with Crippen LogP contribution in [0, 0.1) is 5.82 Å². The van der Waals surface area contributed by atoms with Crippen molar-refractivity contribution in [1.29, 1.82) is 0 Å². The average molecular weight is 225 g/mol. The number of unbranched alkanes of at least 4 members (excludes halogenated alkanes) is 1. The Bertz CT molecular complexity index is 368. The van der Waals surface area contributed by atoms with E-state index in [-0.39, 0.29) is 12.6 Å². The van der Waals surface area contributed by atoms with Gasteiger partial charge in [0.15, 0.2) is 6.79 Å². The molecule has 0 spiro atoms. The van der Waals surface area contributed by atoms with E-state index in [2.05, 4.69) is 0 Å². The maximum absolute atomic E-state index is 13.7. The van der Waals surface area contributed by atoms with E-state index < -0.39 is 0 Å². The summed E-state index contributed by atoms with van der Waals surface area (Å²) in [4.78, 5) is 0. The molecule has 16 heavy (non-hydrogen) atoms. The first-order valence-electron chi connectivity index (χ1n) is 5.54. The van der Waals surface area contributed by atoms with Gasteiger partial charge < -0.3 is 15.2 Å². The third kappa shape index (κ3) is 2.33. The minimum absolute atomic E-state index is 0.176. The summed E-state index contributed by atoms with van der Waals surface area (Å²) in [6, 6.07) is 3.13. The van der Waals surface area contributed by atoms with Crippen LogP contribution in [0.25, 0.3) is 0 Å². The van der Waals surface area contributed by atoms with Gasteiger partial charge in [0.1, 0.15) is 11.6 Å². The van der Waals surface area contributed by atoms with Gasteiger partial charge in [0.25, 0.3) is 0 Å². The molecule has 0 radical (unpaired) electrons. The SMILES string of the molecule is NCCCCc1c(F)ccc2c1COCO2. The van der Waals surface area contributed by atoms with Crippen LogP contribution in [0.1, 0.15) is 24.0 Å². The smallest absolute Gasteiger partial charge is 0.189 e. The number of fused-ring (bicyclic) bond motifs is 1. The van der Waals surface area contributed by atoms with E-state index in [1.807, 2.05) is 0 Å². The first-order valence-corrected chi connectivity index (χ1v) is 5.54. The average Bonchev–Trinajstić information content (AvgIpc) is 2.32. The zero-order chi connectivity index (χ0) is 11.4. The molecule has 0 aromatic heterocycles. The fourth-order valence-electron chi connectivity index (χ4n) is 1.90. The lowest BCUT2D eigenvalue weighted by atomic mass is 10.0. The number of halogens is 1. The Morgan fingerprint density at radius 2 is 2.19 bits per heavy atom. The van der Waals surface area contributed by atoms with Gasteiger partial charge in [-0.3, -0.25) is 0 Å². The van der Waals surface area contributed by atoms with Crippen molar-refractivity contribution in [1.82, 2.24) is 0 Å². The minimum Gasteiger partial charge on any atom is -0.467 e. The highest BCUT2D eigenvalue weighted by atomic mass is 19.1. The molecule has 1 aromatic rings. The summed E-state index contributed by atoms with van der Waals surface area (Å²) in [5, 5.41) is 0. The highest BCUT2D eigenvalue weighted by Gasteiger charge is 2.17. The van der Waals surface area contributed by atoms with Crippen molar-refractivity contribution < 1.29 is 13.9 Å². The van der Waals surface area contributed by atoms with Crippen LogP contribution in [0.15, 0.2) is 12.1 Å². The number of rotatable bonds is 4. The lowest BCUT2D eigenvalue weighted by Crippen LogP contribution is -2.14. The molecule has 2 rings (SSSR count). The molecule has 88 valence electrons. The molecule has 0 saturated heterocycles. The van der Waals surface area contributed by atoms with Gasteiger partial charge in [-0.15, -0.1) is 0 Å². The standard InChI is InChI=1S/C12H16FNO2/c13-11-4-5-12-10(7-15-8-16-12)9(11)3-1-2-6-14/h4-5H,1-3,6-8,14H2. The van der Waals surface area contributed by atoms with E-state index in [9.17, 15) is 4.39 Å².